The lowest BCUT2D eigenvalue weighted by atomic mass is 10.0. The van der Waals surface area contributed by atoms with Gasteiger partial charge in [-0.15, -0.1) is 0 Å². The maximum atomic E-state index is 11.9. The summed E-state index contributed by atoms with van der Waals surface area (Å²) in [5.41, 5.74) is 0.777. The number of carbonyl (C=O) groups is 1. The topological polar surface area (TPSA) is 44.8 Å². The van der Waals surface area contributed by atoms with E-state index in [1.807, 2.05) is 13.0 Å². The third kappa shape index (κ3) is 7.63. The fourth-order valence-corrected chi connectivity index (χ4v) is 2.26. The van der Waals surface area contributed by atoms with Gasteiger partial charge in [-0.3, -0.25) is 0 Å². The fourth-order valence-electron chi connectivity index (χ4n) is 2.26. The highest BCUT2D eigenvalue weighted by Gasteiger charge is 2.15. The number of rotatable bonds is 9. The summed E-state index contributed by atoms with van der Waals surface area (Å²) in [7, 11) is 0. The quantitative estimate of drug-likeness (QED) is 0.368. The van der Waals surface area contributed by atoms with Crippen LogP contribution in [0.4, 0.5) is 0 Å². The molecule has 0 aromatic heterocycles. The molecule has 4 nitrogen and oxygen atoms in total. The molecule has 1 aliphatic heterocycles. The first-order chi connectivity index (χ1) is 10.2. The van der Waals surface area contributed by atoms with Crippen molar-refractivity contribution in [1.29, 1.82) is 0 Å². The Morgan fingerprint density at radius 3 is 2.81 bits per heavy atom. The number of esters is 1. The second-order valence-electron chi connectivity index (χ2n) is 5.57. The second kappa shape index (κ2) is 10.8. The monoisotopic (exact) mass is 298 g/mol. The summed E-state index contributed by atoms with van der Waals surface area (Å²) < 4.78 is 16.4. The van der Waals surface area contributed by atoms with Gasteiger partial charge in [0.15, 0.2) is 6.29 Å². The molecule has 0 saturated carbocycles. The van der Waals surface area contributed by atoms with Crippen molar-refractivity contribution in [3.8, 4) is 0 Å². The van der Waals surface area contributed by atoms with Gasteiger partial charge in [0.25, 0.3) is 0 Å². The van der Waals surface area contributed by atoms with Crippen LogP contribution < -0.4 is 0 Å². The van der Waals surface area contributed by atoms with Gasteiger partial charge in [-0.1, -0.05) is 26.3 Å². The number of carbonyl (C=O) groups excluding carboxylic acids is 1. The number of hydrogen-bond acceptors (Lipinski definition) is 4. The summed E-state index contributed by atoms with van der Waals surface area (Å²) in [4.78, 5) is 11.9. The fraction of sp³-hybridized carbons (Fsp3) is 0.824. The molecule has 0 aromatic carbocycles. The Morgan fingerprint density at radius 2 is 2.19 bits per heavy atom. The van der Waals surface area contributed by atoms with Crippen LogP contribution in [0.1, 0.15) is 59.3 Å². The Morgan fingerprint density at radius 1 is 1.38 bits per heavy atom. The van der Waals surface area contributed by atoms with Crippen LogP contribution >= 0.6 is 0 Å². The Hall–Kier alpha value is -0.870. The molecule has 21 heavy (non-hydrogen) atoms. The van der Waals surface area contributed by atoms with Gasteiger partial charge in [0.05, 0.1) is 13.2 Å². The highest BCUT2D eigenvalue weighted by Crippen LogP contribution is 2.16. The van der Waals surface area contributed by atoms with Gasteiger partial charge >= 0.3 is 5.97 Å². The van der Waals surface area contributed by atoms with Crippen LogP contribution in [-0.2, 0) is 19.0 Å². The zero-order valence-corrected chi connectivity index (χ0v) is 13.7. The van der Waals surface area contributed by atoms with Crippen molar-refractivity contribution >= 4 is 5.97 Å². The first-order valence-electron chi connectivity index (χ1n) is 8.28. The summed E-state index contributed by atoms with van der Waals surface area (Å²) in [5, 5.41) is 0. The minimum atomic E-state index is -0.188. The Labute approximate surface area is 128 Å². The van der Waals surface area contributed by atoms with Crippen molar-refractivity contribution < 1.29 is 19.0 Å². The SMILES string of the molecule is CCOC(=O)/C(=C/C(C)CC)CCCOC1CCCCO1. The normalized spacial score (nSPS) is 21.1. The van der Waals surface area contributed by atoms with Gasteiger partial charge in [0.1, 0.15) is 0 Å². The molecule has 2 unspecified atom stereocenters. The maximum Gasteiger partial charge on any atom is 0.333 e. The van der Waals surface area contributed by atoms with Crippen molar-refractivity contribution in [3.63, 3.8) is 0 Å². The van der Waals surface area contributed by atoms with Gasteiger partial charge in [0, 0.05) is 12.2 Å². The van der Waals surface area contributed by atoms with Crippen LogP contribution in [0.5, 0.6) is 0 Å². The molecule has 0 radical (unpaired) electrons. The number of ether oxygens (including phenoxy) is 3. The van der Waals surface area contributed by atoms with Crippen LogP contribution in [0.15, 0.2) is 11.6 Å². The van der Waals surface area contributed by atoms with Crippen LogP contribution in [0.2, 0.25) is 0 Å². The molecule has 0 N–H and O–H groups in total. The molecule has 2 atom stereocenters. The van der Waals surface area contributed by atoms with Crippen molar-refractivity contribution in [3.05, 3.63) is 11.6 Å². The Balaban J connectivity index is 2.34. The van der Waals surface area contributed by atoms with Gasteiger partial charge < -0.3 is 14.2 Å². The average molecular weight is 298 g/mol. The summed E-state index contributed by atoms with van der Waals surface area (Å²) in [6.45, 7) is 7.92. The highest BCUT2D eigenvalue weighted by atomic mass is 16.7. The molecule has 0 spiro atoms. The minimum absolute atomic E-state index is 0.0525. The molecule has 1 aliphatic rings. The van der Waals surface area contributed by atoms with E-state index in [-0.39, 0.29) is 12.3 Å². The van der Waals surface area contributed by atoms with E-state index in [1.165, 1.54) is 6.42 Å². The lowest BCUT2D eigenvalue weighted by Gasteiger charge is -2.22. The predicted octanol–water partition coefficient (Wildman–Crippen LogP) is 3.85. The van der Waals surface area contributed by atoms with Gasteiger partial charge in [-0.2, -0.15) is 0 Å². The predicted molar refractivity (Wildman–Crippen MR) is 82.9 cm³/mol. The second-order valence-corrected chi connectivity index (χ2v) is 5.57. The van der Waals surface area contributed by atoms with E-state index >= 15 is 0 Å². The molecule has 122 valence electrons. The van der Waals surface area contributed by atoms with E-state index in [0.717, 1.165) is 37.9 Å². The number of hydrogen-bond donors (Lipinski definition) is 0. The van der Waals surface area contributed by atoms with Crippen molar-refractivity contribution in [1.82, 2.24) is 0 Å². The summed E-state index contributed by atoms with van der Waals surface area (Å²) in [5.74, 6) is 0.207. The molecule has 1 rings (SSSR count). The molecular weight excluding hydrogens is 268 g/mol. The lowest BCUT2D eigenvalue weighted by Crippen LogP contribution is -2.22. The third-order valence-electron chi connectivity index (χ3n) is 3.70. The zero-order valence-electron chi connectivity index (χ0n) is 13.7. The molecule has 1 heterocycles. The third-order valence-corrected chi connectivity index (χ3v) is 3.70. The number of allylic oxidation sites excluding steroid dienone is 1. The molecule has 0 bridgehead atoms. The minimum Gasteiger partial charge on any atom is -0.463 e. The summed E-state index contributed by atoms with van der Waals surface area (Å²) >= 11 is 0. The Kier molecular flexibility index (Phi) is 9.35. The first-order valence-corrected chi connectivity index (χ1v) is 8.28. The van der Waals surface area contributed by atoms with E-state index in [0.29, 0.717) is 25.6 Å². The van der Waals surface area contributed by atoms with Crippen molar-refractivity contribution in [2.24, 2.45) is 5.92 Å². The zero-order chi connectivity index (χ0) is 15.5. The Bertz CT molecular complexity index is 319. The van der Waals surface area contributed by atoms with Crippen molar-refractivity contribution in [2.45, 2.75) is 65.6 Å². The molecule has 0 aliphatic carbocycles. The molecule has 1 saturated heterocycles. The molecule has 1 fully saturated rings. The standard InChI is InChI=1S/C17H30O4/c1-4-14(3)13-15(17(18)19-5-2)9-8-12-21-16-10-6-7-11-20-16/h13-14,16H,4-12H2,1-3H3/b15-13+. The molecule has 4 heteroatoms. The van der Waals surface area contributed by atoms with Gasteiger partial charge in [0.2, 0.25) is 0 Å². The molecule has 0 aromatic rings. The van der Waals surface area contributed by atoms with Crippen LogP contribution in [0, 0.1) is 5.92 Å². The molecule has 0 amide bonds. The smallest absolute Gasteiger partial charge is 0.333 e. The van der Waals surface area contributed by atoms with Crippen LogP contribution in [0.3, 0.4) is 0 Å². The highest BCUT2D eigenvalue weighted by molar-refractivity contribution is 5.88. The lowest BCUT2D eigenvalue weighted by molar-refractivity contribution is -0.162. The van der Waals surface area contributed by atoms with Gasteiger partial charge in [-0.25, -0.2) is 4.79 Å². The van der Waals surface area contributed by atoms with E-state index < -0.39 is 0 Å². The van der Waals surface area contributed by atoms with E-state index in [9.17, 15) is 4.79 Å². The van der Waals surface area contributed by atoms with Crippen LogP contribution in [0.25, 0.3) is 0 Å². The summed E-state index contributed by atoms with van der Waals surface area (Å²) in [6, 6.07) is 0. The van der Waals surface area contributed by atoms with Crippen molar-refractivity contribution in [2.75, 3.05) is 19.8 Å². The van der Waals surface area contributed by atoms with E-state index in [2.05, 4.69) is 13.8 Å². The van der Waals surface area contributed by atoms with E-state index in [4.69, 9.17) is 14.2 Å². The maximum absolute atomic E-state index is 11.9. The average Bonchev–Trinajstić information content (AvgIpc) is 2.51. The molecular formula is C17H30O4. The van der Waals surface area contributed by atoms with Crippen LogP contribution in [-0.4, -0.2) is 32.1 Å². The summed E-state index contributed by atoms with van der Waals surface area (Å²) in [6.07, 6.45) is 7.81. The van der Waals surface area contributed by atoms with Gasteiger partial charge in [-0.05, 0) is 44.9 Å². The van der Waals surface area contributed by atoms with E-state index in [1.54, 1.807) is 0 Å². The first kappa shape index (κ1) is 18.2. The largest absolute Gasteiger partial charge is 0.463 e.